The molecule has 0 saturated carbocycles. The molecule has 3 saturated heterocycles. The van der Waals surface area contributed by atoms with Gasteiger partial charge in [-0.05, 0) is 32.4 Å². The van der Waals surface area contributed by atoms with Gasteiger partial charge in [-0.15, -0.1) is 0 Å². The number of H-pyrrole nitrogens is 1. The number of aromatic nitrogens is 5. The molecule has 1 amide bonds. The summed E-state index contributed by atoms with van der Waals surface area (Å²) < 4.78 is 7.30. The van der Waals surface area contributed by atoms with Gasteiger partial charge in [0.2, 0.25) is 0 Å². The lowest BCUT2D eigenvalue weighted by Crippen LogP contribution is -2.63. The Morgan fingerprint density at radius 2 is 2.24 bits per heavy atom. The van der Waals surface area contributed by atoms with E-state index >= 15 is 0 Å². The summed E-state index contributed by atoms with van der Waals surface area (Å²) in [7, 11) is 0. The normalized spacial score (nSPS) is 21.9. The Kier molecular flexibility index (Phi) is 5.23. The molecule has 6 rings (SSSR count). The molecule has 10 heteroatoms. The topological polar surface area (TPSA) is 104 Å². The first-order chi connectivity index (χ1) is 16.6. The number of carbonyl (C=O) groups excluding carboxylic acids is 1. The van der Waals surface area contributed by atoms with Gasteiger partial charge in [-0.3, -0.25) is 9.89 Å². The van der Waals surface area contributed by atoms with E-state index in [9.17, 15) is 4.79 Å². The van der Waals surface area contributed by atoms with E-state index in [4.69, 9.17) is 9.72 Å². The highest BCUT2D eigenvalue weighted by atomic mass is 16.5. The minimum Gasteiger partial charge on any atom is -0.377 e. The number of amides is 1. The number of morpholine rings is 1. The van der Waals surface area contributed by atoms with Gasteiger partial charge < -0.3 is 19.9 Å². The molecule has 10 nitrogen and oxygen atoms in total. The summed E-state index contributed by atoms with van der Waals surface area (Å²) in [6, 6.07) is 3.99. The quantitative estimate of drug-likeness (QED) is 0.549. The number of anilines is 1. The molecule has 3 aromatic rings. The lowest BCUT2D eigenvalue weighted by Gasteiger charge is -2.51. The number of pyridine rings is 1. The van der Waals surface area contributed by atoms with Gasteiger partial charge in [0.15, 0.2) is 11.5 Å². The van der Waals surface area contributed by atoms with Crippen molar-refractivity contribution in [1.82, 2.24) is 35.2 Å². The van der Waals surface area contributed by atoms with Gasteiger partial charge in [0.05, 0.1) is 30.8 Å². The fourth-order valence-electron chi connectivity index (χ4n) is 5.25. The number of hydrogen-bond donors (Lipinski definition) is 2. The van der Waals surface area contributed by atoms with E-state index in [1.165, 1.54) is 12.8 Å². The van der Waals surface area contributed by atoms with Crippen molar-refractivity contribution in [3.8, 4) is 17.7 Å². The van der Waals surface area contributed by atoms with Crippen molar-refractivity contribution in [3.63, 3.8) is 0 Å². The van der Waals surface area contributed by atoms with E-state index in [0.29, 0.717) is 24.7 Å². The van der Waals surface area contributed by atoms with E-state index in [1.807, 2.05) is 17.0 Å². The number of fused-ring (bicyclic) bond motifs is 1. The SMILES string of the molecule is C[C@@H]1COCCN1c1cc(C#CC(=O)N2CC3(CCCNC3)C2)c2cnn(-c3cc[nH]n3)c2n1. The van der Waals surface area contributed by atoms with Crippen molar-refractivity contribution in [3.05, 3.63) is 30.1 Å². The molecule has 2 N–H and O–H groups in total. The number of aromatic amines is 1. The number of nitrogens with zero attached hydrogens (tertiary/aromatic N) is 6. The van der Waals surface area contributed by atoms with Crippen LogP contribution in [0.15, 0.2) is 24.5 Å². The number of rotatable bonds is 2. The Morgan fingerprint density at radius 1 is 1.32 bits per heavy atom. The van der Waals surface area contributed by atoms with Crippen molar-refractivity contribution in [1.29, 1.82) is 0 Å². The van der Waals surface area contributed by atoms with Crippen LogP contribution in [0.1, 0.15) is 25.3 Å². The molecule has 3 aliphatic heterocycles. The third-order valence-electron chi connectivity index (χ3n) is 7.10. The zero-order valence-electron chi connectivity index (χ0n) is 19.3. The number of piperidine rings is 1. The summed E-state index contributed by atoms with van der Waals surface area (Å²) in [5.41, 5.74) is 1.64. The van der Waals surface area contributed by atoms with E-state index < -0.39 is 0 Å². The molecule has 0 radical (unpaired) electrons. The maximum atomic E-state index is 12.8. The number of nitrogens with one attached hydrogen (secondary N) is 2. The van der Waals surface area contributed by atoms with Crippen LogP contribution >= 0.6 is 0 Å². The summed E-state index contributed by atoms with van der Waals surface area (Å²) >= 11 is 0. The summed E-state index contributed by atoms with van der Waals surface area (Å²) in [5.74, 6) is 7.36. The lowest BCUT2D eigenvalue weighted by atomic mass is 9.74. The highest BCUT2D eigenvalue weighted by Gasteiger charge is 2.45. The molecule has 6 heterocycles. The first kappa shape index (κ1) is 21.1. The van der Waals surface area contributed by atoms with E-state index in [2.05, 4.69) is 44.3 Å². The fourth-order valence-corrected chi connectivity index (χ4v) is 5.25. The Morgan fingerprint density at radius 3 is 3.00 bits per heavy atom. The average Bonchev–Trinajstić information content (AvgIpc) is 3.51. The predicted molar refractivity (Wildman–Crippen MR) is 127 cm³/mol. The second kappa shape index (κ2) is 8.42. The van der Waals surface area contributed by atoms with Gasteiger partial charge in [-0.25, -0.2) is 4.98 Å². The van der Waals surface area contributed by atoms with Gasteiger partial charge in [-0.2, -0.15) is 14.9 Å². The lowest BCUT2D eigenvalue weighted by molar-refractivity contribution is -0.138. The molecule has 1 spiro atoms. The minimum atomic E-state index is -0.123. The van der Waals surface area contributed by atoms with Crippen molar-refractivity contribution < 1.29 is 9.53 Å². The van der Waals surface area contributed by atoms with Crippen LogP contribution in [-0.2, 0) is 9.53 Å². The highest BCUT2D eigenvalue weighted by molar-refractivity contribution is 5.96. The maximum Gasteiger partial charge on any atom is 0.298 e. The van der Waals surface area contributed by atoms with Crippen LogP contribution < -0.4 is 10.2 Å². The van der Waals surface area contributed by atoms with Crippen LogP contribution in [0.3, 0.4) is 0 Å². The monoisotopic (exact) mass is 460 g/mol. The van der Waals surface area contributed by atoms with Crippen LogP contribution in [0.5, 0.6) is 0 Å². The van der Waals surface area contributed by atoms with Crippen molar-refractivity contribution in [2.24, 2.45) is 5.41 Å². The summed E-state index contributed by atoms with van der Waals surface area (Å²) in [4.78, 5) is 21.8. The molecule has 0 aliphatic carbocycles. The third kappa shape index (κ3) is 3.71. The van der Waals surface area contributed by atoms with Gasteiger partial charge in [0.1, 0.15) is 5.82 Å². The third-order valence-corrected chi connectivity index (χ3v) is 7.10. The molecule has 176 valence electrons. The summed E-state index contributed by atoms with van der Waals surface area (Å²) in [5, 5.41) is 15.8. The fraction of sp³-hybridized carbons (Fsp3) is 0.500. The number of hydrogen-bond acceptors (Lipinski definition) is 7. The largest absolute Gasteiger partial charge is 0.377 e. The second-order valence-corrected chi connectivity index (χ2v) is 9.56. The Hall–Kier alpha value is -3.42. The average molecular weight is 461 g/mol. The van der Waals surface area contributed by atoms with E-state index in [0.717, 1.165) is 49.5 Å². The van der Waals surface area contributed by atoms with Crippen LogP contribution in [0.4, 0.5) is 5.82 Å². The Bertz CT molecular complexity index is 1260. The summed E-state index contributed by atoms with van der Waals surface area (Å²) in [6.45, 7) is 7.78. The van der Waals surface area contributed by atoms with Crippen LogP contribution in [0, 0.1) is 17.3 Å². The minimum absolute atomic E-state index is 0.123. The van der Waals surface area contributed by atoms with E-state index in [-0.39, 0.29) is 17.4 Å². The predicted octanol–water partition coefficient (Wildman–Crippen LogP) is 0.932. The van der Waals surface area contributed by atoms with Crippen molar-refractivity contribution in [2.75, 3.05) is 50.8 Å². The van der Waals surface area contributed by atoms with Crippen LogP contribution in [0.25, 0.3) is 16.9 Å². The molecule has 34 heavy (non-hydrogen) atoms. The zero-order chi connectivity index (χ0) is 23.1. The molecule has 0 unspecified atom stereocenters. The van der Waals surface area contributed by atoms with Crippen molar-refractivity contribution in [2.45, 2.75) is 25.8 Å². The first-order valence-electron chi connectivity index (χ1n) is 11.9. The van der Waals surface area contributed by atoms with Crippen LogP contribution in [-0.4, -0.2) is 87.7 Å². The standard InChI is InChI=1S/C24H28N8O2/c1-17-13-34-10-9-31(17)21-11-18(19-12-27-32(23(19)28-21)20-5-8-26-29-20)3-4-22(33)30-15-24(16-30)6-2-7-25-14-24/h5,8,11-12,17,25H,2,6-7,9-10,13-16H2,1H3,(H,26,29)/t17-/m1/s1. The van der Waals surface area contributed by atoms with Crippen molar-refractivity contribution >= 4 is 22.8 Å². The van der Waals surface area contributed by atoms with Crippen LogP contribution in [0.2, 0.25) is 0 Å². The zero-order valence-corrected chi connectivity index (χ0v) is 19.3. The highest BCUT2D eigenvalue weighted by Crippen LogP contribution is 2.36. The maximum absolute atomic E-state index is 12.8. The molecular formula is C24H28N8O2. The molecule has 3 fully saturated rings. The smallest absolute Gasteiger partial charge is 0.298 e. The van der Waals surface area contributed by atoms with E-state index in [1.54, 1.807) is 17.1 Å². The number of likely N-dealkylation sites (tertiary alicyclic amines) is 1. The summed E-state index contributed by atoms with van der Waals surface area (Å²) in [6.07, 6.45) is 5.84. The molecule has 0 aromatic carbocycles. The Balaban J connectivity index is 1.33. The second-order valence-electron chi connectivity index (χ2n) is 9.56. The number of carbonyl (C=O) groups is 1. The molecule has 3 aromatic heterocycles. The van der Waals surface area contributed by atoms with Gasteiger partial charge in [0.25, 0.3) is 5.91 Å². The van der Waals surface area contributed by atoms with Gasteiger partial charge >= 0.3 is 0 Å². The molecular weight excluding hydrogens is 432 g/mol. The first-order valence-corrected chi connectivity index (χ1v) is 11.9. The van der Waals surface area contributed by atoms with Gasteiger partial charge in [-0.1, -0.05) is 5.92 Å². The molecule has 1 atom stereocenters. The number of ether oxygens (including phenoxy) is 1. The van der Waals surface area contributed by atoms with Gasteiger partial charge in [0, 0.05) is 55.3 Å². The Labute approximate surface area is 197 Å². The molecule has 0 bridgehead atoms. The molecule has 3 aliphatic rings.